The molecule has 1 atom stereocenters. The first kappa shape index (κ1) is 14.7. The minimum absolute atomic E-state index is 0.154. The molecule has 0 saturated carbocycles. The van der Waals surface area contributed by atoms with Gasteiger partial charge in [-0.2, -0.15) is 0 Å². The summed E-state index contributed by atoms with van der Waals surface area (Å²) in [5, 5.41) is 3.29. The molecule has 1 unspecified atom stereocenters. The summed E-state index contributed by atoms with van der Waals surface area (Å²) in [6.07, 6.45) is 7.07. The average molecular weight is 276 g/mol. The number of rotatable bonds is 7. The van der Waals surface area contributed by atoms with E-state index in [0.717, 1.165) is 25.3 Å². The Morgan fingerprint density at radius 2 is 2.15 bits per heavy atom. The molecule has 2 rings (SSSR count). The van der Waals surface area contributed by atoms with E-state index >= 15 is 0 Å². The molecule has 5 heteroatoms. The number of halogens is 1. The van der Waals surface area contributed by atoms with Gasteiger partial charge in [0, 0.05) is 31.6 Å². The van der Waals surface area contributed by atoms with Crippen molar-refractivity contribution in [2.45, 2.75) is 39.3 Å². The van der Waals surface area contributed by atoms with E-state index in [1.165, 1.54) is 6.07 Å². The smallest absolute Gasteiger partial charge is 0.146 e. The minimum atomic E-state index is -0.271. The van der Waals surface area contributed by atoms with Crippen LogP contribution in [0.2, 0.25) is 0 Å². The Morgan fingerprint density at radius 3 is 2.85 bits per heavy atom. The maximum atomic E-state index is 13.9. The van der Waals surface area contributed by atoms with Gasteiger partial charge in [0.1, 0.15) is 11.6 Å². The van der Waals surface area contributed by atoms with Gasteiger partial charge in [-0.3, -0.25) is 4.98 Å². The maximum Gasteiger partial charge on any atom is 0.146 e. The molecular weight excluding hydrogens is 255 g/mol. The van der Waals surface area contributed by atoms with Crippen molar-refractivity contribution in [3.05, 3.63) is 48.1 Å². The fourth-order valence-electron chi connectivity index (χ4n) is 2.32. The summed E-state index contributed by atoms with van der Waals surface area (Å²) in [7, 11) is 0. The fourth-order valence-corrected chi connectivity index (χ4v) is 2.32. The lowest BCUT2D eigenvalue weighted by molar-refractivity contribution is 0.476. The summed E-state index contributed by atoms with van der Waals surface area (Å²) in [6, 6.07) is 2.91. The number of aryl methyl sites for hydroxylation is 1. The van der Waals surface area contributed by atoms with Crippen molar-refractivity contribution in [3.8, 4) is 0 Å². The number of nitrogens with zero attached hydrogens (tertiary/aromatic N) is 3. The first-order chi connectivity index (χ1) is 9.76. The number of likely N-dealkylation sites (N-methyl/N-ethyl adjacent to an activating group) is 1. The highest BCUT2D eigenvalue weighted by Crippen LogP contribution is 2.18. The number of imidazole rings is 1. The lowest BCUT2D eigenvalue weighted by Crippen LogP contribution is -2.26. The van der Waals surface area contributed by atoms with E-state index in [1.54, 1.807) is 18.5 Å². The van der Waals surface area contributed by atoms with E-state index < -0.39 is 0 Å². The van der Waals surface area contributed by atoms with E-state index in [1.807, 2.05) is 13.1 Å². The monoisotopic (exact) mass is 276 g/mol. The molecule has 0 aliphatic carbocycles. The van der Waals surface area contributed by atoms with Gasteiger partial charge < -0.3 is 9.88 Å². The van der Waals surface area contributed by atoms with Crippen LogP contribution in [0.15, 0.2) is 30.7 Å². The predicted octanol–water partition coefficient (Wildman–Crippen LogP) is 2.72. The van der Waals surface area contributed by atoms with Gasteiger partial charge in [-0.25, -0.2) is 9.37 Å². The molecule has 4 nitrogen and oxygen atoms in total. The van der Waals surface area contributed by atoms with Crippen molar-refractivity contribution < 1.29 is 4.39 Å². The fraction of sp³-hybridized carbons (Fsp3) is 0.467. The highest BCUT2D eigenvalue weighted by Gasteiger charge is 2.18. The van der Waals surface area contributed by atoms with Crippen molar-refractivity contribution in [1.29, 1.82) is 0 Å². The topological polar surface area (TPSA) is 42.7 Å². The van der Waals surface area contributed by atoms with E-state index in [0.29, 0.717) is 12.1 Å². The molecule has 0 aliphatic rings. The summed E-state index contributed by atoms with van der Waals surface area (Å²) < 4.78 is 16.0. The number of aromatic nitrogens is 3. The van der Waals surface area contributed by atoms with Crippen LogP contribution in [0.4, 0.5) is 4.39 Å². The van der Waals surface area contributed by atoms with Crippen LogP contribution >= 0.6 is 0 Å². The molecule has 0 aromatic carbocycles. The van der Waals surface area contributed by atoms with Gasteiger partial charge in [0.05, 0.1) is 11.7 Å². The number of pyridine rings is 1. The molecule has 0 radical (unpaired) electrons. The summed E-state index contributed by atoms with van der Waals surface area (Å²) in [5.74, 6) is 0.690. The van der Waals surface area contributed by atoms with Crippen molar-refractivity contribution in [1.82, 2.24) is 19.9 Å². The number of hydrogen-bond donors (Lipinski definition) is 1. The van der Waals surface area contributed by atoms with Crippen molar-refractivity contribution in [3.63, 3.8) is 0 Å². The van der Waals surface area contributed by atoms with Crippen molar-refractivity contribution in [2.75, 3.05) is 6.54 Å². The van der Waals surface area contributed by atoms with E-state index in [-0.39, 0.29) is 11.9 Å². The van der Waals surface area contributed by atoms with Gasteiger partial charge >= 0.3 is 0 Å². The molecule has 1 N–H and O–H groups in total. The third kappa shape index (κ3) is 3.42. The predicted molar refractivity (Wildman–Crippen MR) is 76.8 cm³/mol. The van der Waals surface area contributed by atoms with Crippen LogP contribution < -0.4 is 5.32 Å². The first-order valence-electron chi connectivity index (χ1n) is 7.10. The summed E-state index contributed by atoms with van der Waals surface area (Å²) in [4.78, 5) is 8.56. The van der Waals surface area contributed by atoms with Crippen molar-refractivity contribution >= 4 is 0 Å². The molecule has 0 fully saturated rings. The van der Waals surface area contributed by atoms with Crippen LogP contribution in [0, 0.1) is 5.82 Å². The Labute approximate surface area is 119 Å². The highest BCUT2D eigenvalue weighted by molar-refractivity contribution is 5.14. The lowest BCUT2D eigenvalue weighted by Gasteiger charge is -2.18. The van der Waals surface area contributed by atoms with Crippen LogP contribution in [-0.4, -0.2) is 21.1 Å². The summed E-state index contributed by atoms with van der Waals surface area (Å²) in [6.45, 7) is 5.82. The van der Waals surface area contributed by atoms with Crippen LogP contribution in [-0.2, 0) is 13.0 Å². The minimum Gasteiger partial charge on any atom is -0.335 e. The third-order valence-corrected chi connectivity index (χ3v) is 3.22. The number of nitrogens with one attached hydrogen (secondary N) is 1. The van der Waals surface area contributed by atoms with Crippen molar-refractivity contribution in [2.24, 2.45) is 0 Å². The Bertz CT molecular complexity index is 538. The molecule has 0 spiro atoms. The zero-order valence-corrected chi connectivity index (χ0v) is 12.0. The Balaban J connectivity index is 2.21. The van der Waals surface area contributed by atoms with Crippen LogP contribution in [0.3, 0.4) is 0 Å². The van der Waals surface area contributed by atoms with Gasteiger partial charge in [-0.1, -0.05) is 13.8 Å². The largest absolute Gasteiger partial charge is 0.335 e. The average Bonchev–Trinajstić information content (AvgIpc) is 2.87. The lowest BCUT2D eigenvalue weighted by atomic mass is 10.1. The zero-order valence-electron chi connectivity index (χ0n) is 12.0. The molecule has 108 valence electrons. The molecule has 20 heavy (non-hydrogen) atoms. The summed E-state index contributed by atoms with van der Waals surface area (Å²) in [5.41, 5.74) is 0.459. The highest BCUT2D eigenvalue weighted by atomic mass is 19.1. The molecule has 2 heterocycles. The van der Waals surface area contributed by atoms with Crippen LogP contribution in [0.25, 0.3) is 0 Å². The molecule has 0 saturated heterocycles. The second-order valence-electron chi connectivity index (χ2n) is 4.72. The van der Waals surface area contributed by atoms with E-state index in [4.69, 9.17) is 0 Å². The Kier molecular flexibility index (Phi) is 5.24. The quantitative estimate of drug-likeness (QED) is 0.845. The third-order valence-electron chi connectivity index (χ3n) is 3.22. The van der Waals surface area contributed by atoms with Gasteiger partial charge in [-0.15, -0.1) is 0 Å². The van der Waals surface area contributed by atoms with Gasteiger partial charge in [0.2, 0.25) is 0 Å². The van der Waals surface area contributed by atoms with E-state index in [2.05, 4.69) is 26.8 Å². The van der Waals surface area contributed by atoms with Crippen LogP contribution in [0.5, 0.6) is 0 Å². The van der Waals surface area contributed by atoms with E-state index in [9.17, 15) is 4.39 Å². The normalized spacial score (nSPS) is 12.6. The van der Waals surface area contributed by atoms with Gasteiger partial charge in [0.15, 0.2) is 0 Å². The van der Waals surface area contributed by atoms with Gasteiger partial charge in [-0.05, 0) is 25.1 Å². The maximum absolute atomic E-state index is 13.9. The van der Waals surface area contributed by atoms with Gasteiger partial charge in [0.25, 0.3) is 0 Å². The molecule has 0 aliphatic heterocycles. The Hall–Kier alpha value is -1.75. The second-order valence-corrected chi connectivity index (χ2v) is 4.72. The molecular formula is C15H21FN4. The molecule has 2 aromatic heterocycles. The summed E-state index contributed by atoms with van der Waals surface area (Å²) >= 11 is 0. The molecule has 0 amide bonds. The number of hydrogen-bond acceptors (Lipinski definition) is 3. The SMILES string of the molecule is CCCn1ccnc1CC(NCC)c1ncccc1F. The zero-order chi connectivity index (χ0) is 14.4. The standard InChI is InChI=1S/C15H21FN4/c1-3-9-20-10-8-18-14(20)11-13(17-4-2)15-12(16)6-5-7-19-15/h5-8,10,13,17H,3-4,9,11H2,1-2H3. The Morgan fingerprint density at radius 1 is 1.30 bits per heavy atom. The second kappa shape index (κ2) is 7.14. The van der Waals surface area contributed by atoms with Crippen LogP contribution in [0.1, 0.15) is 37.8 Å². The molecule has 2 aromatic rings. The molecule has 0 bridgehead atoms. The first-order valence-corrected chi connectivity index (χ1v) is 7.10.